The summed E-state index contributed by atoms with van der Waals surface area (Å²) in [6, 6.07) is -0.443. The molecule has 0 saturated carbocycles. The number of nitrogens with zero attached hydrogens (tertiary/aromatic N) is 2. The molecule has 1 saturated heterocycles. The Morgan fingerprint density at radius 1 is 1.26 bits per heavy atom. The SMILES string of the molecule is CC(C)C(N)C(=O)N(C)CC1CCN(C(=O)OC(C)(C)C)CC1. The number of hydrogen-bond donors (Lipinski definition) is 1. The minimum absolute atomic E-state index is 0.00503. The van der Waals surface area contributed by atoms with E-state index in [1.54, 1.807) is 9.80 Å². The average Bonchev–Trinajstić information content (AvgIpc) is 2.44. The molecule has 1 rings (SSSR count). The molecule has 0 aromatic rings. The fraction of sp³-hybridized carbons (Fsp3) is 0.882. The smallest absolute Gasteiger partial charge is 0.410 e. The average molecular weight is 327 g/mol. The van der Waals surface area contributed by atoms with Gasteiger partial charge >= 0.3 is 6.09 Å². The number of piperidine rings is 1. The van der Waals surface area contributed by atoms with Crippen LogP contribution in [-0.4, -0.2) is 60.1 Å². The van der Waals surface area contributed by atoms with Crippen LogP contribution in [0, 0.1) is 11.8 Å². The summed E-state index contributed by atoms with van der Waals surface area (Å²) in [5.41, 5.74) is 5.46. The molecule has 6 heteroatoms. The quantitative estimate of drug-likeness (QED) is 0.857. The van der Waals surface area contributed by atoms with Gasteiger partial charge in [-0.05, 0) is 45.4 Å². The highest BCUT2D eigenvalue weighted by Gasteiger charge is 2.29. The molecule has 1 aliphatic heterocycles. The first kappa shape index (κ1) is 19.7. The van der Waals surface area contributed by atoms with E-state index < -0.39 is 11.6 Å². The third-order valence-corrected chi connectivity index (χ3v) is 4.18. The number of likely N-dealkylation sites (N-methyl/N-ethyl adjacent to an activating group) is 1. The molecule has 0 radical (unpaired) electrons. The van der Waals surface area contributed by atoms with Crippen LogP contribution in [0.1, 0.15) is 47.5 Å². The van der Waals surface area contributed by atoms with E-state index in [1.807, 2.05) is 41.7 Å². The van der Waals surface area contributed by atoms with Crippen molar-refractivity contribution in [1.29, 1.82) is 0 Å². The normalized spacial score (nSPS) is 18.0. The summed E-state index contributed by atoms with van der Waals surface area (Å²) in [7, 11) is 1.81. The highest BCUT2D eigenvalue weighted by atomic mass is 16.6. The Hall–Kier alpha value is -1.30. The van der Waals surface area contributed by atoms with Crippen molar-refractivity contribution in [2.24, 2.45) is 17.6 Å². The first-order chi connectivity index (χ1) is 10.5. The zero-order valence-corrected chi connectivity index (χ0v) is 15.5. The number of likely N-dealkylation sites (tertiary alicyclic amines) is 1. The summed E-state index contributed by atoms with van der Waals surface area (Å²) in [4.78, 5) is 27.7. The fourth-order valence-corrected chi connectivity index (χ4v) is 2.64. The number of ether oxygens (including phenoxy) is 1. The van der Waals surface area contributed by atoms with E-state index >= 15 is 0 Å². The van der Waals surface area contributed by atoms with Crippen LogP contribution < -0.4 is 5.73 Å². The van der Waals surface area contributed by atoms with Crippen molar-refractivity contribution in [1.82, 2.24) is 9.80 Å². The second-order valence-corrected chi connectivity index (χ2v) is 7.90. The Kier molecular flexibility index (Phi) is 6.86. The monoisotopic (exact) mass is 327 g/mol. The molecular weight excluding hydrogens is 294 g/mol. The molecule has 0 spiro atoms. The molecule has 1 fully saturated rings. The van der Waals surface area contributed by atoms with Gasteiger partial charge in [0.1, 0.15) is 5.60 Å². The van der Waals surface area contributed by atoms with Gasteiger partial charge in [-0.1, -0.05) is 13.8 Å². The van der Waals surface area contributed by atoms with Gasteiger partial charge in [0.25, 0.3) is 0 Å². The lowest BCUT2D eigenvalue weighted by atomic mass is 9.96. The van der Waals surface area contributed by atoms with Crippen LogP contribution >= 0.6 is 0 Å². The van der Waals surface area contributed by atoms with Crippen molar-refractivity contribution < 1.29 is 14.3 Å². The summed E-state index contributed by atoms with van der Waals surface area (Å²) in [6.45, 7) is 11.6. The third-order valence-electron chi connectivity index (χ3n) is 4.18. The molecule has 0 aliphatic carbocycles. The molecule has 1 atom stereocenters. The summed E-state index contributed by atoms with van der Waals surface area (Å²) >= 11 is 0. The van der Waals surface area contributed by atoms with E-state index in [-0.39, 0.29) is 17.9 Å². The summed E-state index contributed by atoms with van der Waals surface area (Å²) in [6.07, 6.45) is 1.52. The molecule has 1 heterocycles. The summed E-state index contributed by atoms with van der Waals surface area (Å²) < 4.78 is 5.40. The third kappa shape index (κ3) is 6.37. The van der Waals surface area contributed by atoms with E-state index in [1.165, 1.54) is 0 Å². The minimum Gasteiger partial charge on any atom is -0.444 e. The Bertz CT molecular complexity index is 410. The lowest BCUT2D eigenvalue weighted by molar-refractivity contribution is -0.133. The van der Waals surface area contributed by atoms with Crippen molar-refractivity contribution in [3.63, 3.8) is 0 Å². The molecule has 6 nitrogen and oxygen atoms in total. The molecule has 1 unspecified atom stereocenters. The van der Waals surface area contributed by atoms with Gasteiger partial charge in [0.05, 0.1) is 6.04 Å². The van der Waals surface area contributed by atoms with Crippen LogP contribution in [0.3, 0.4) is 0 Å². The van der Waals surface area contributed by atoms with Crippen LogP contribution in [0.4, 0.5) is 4.79 Å². The minimum atomic E-state index is -0.465. The Morgan fingerprint density at radius 2 is 1.78 bits per heavy atom. The van der Waals surface area contributed by atoms with Crippen LogP contribution in [0.15, 0.2) is 0 Å². The number of amides is 2. The number of nitrogens with two attached hydrogens (primary N) is 1. The van der Waals surface area contributed by atoms with Crippen molar-refractivity contribution >= 4 is 12.0 Å². The fourth-order valence-electron chi connectivity index (χ4n) is 2.64. The van der Waals surface area contributed by atoms with E-state index in [9.17, 15) is 9.59 Å². The standard InChI is InChI=1S/C17H33N3O3/c1-12(2)14(18)15(21)19(6)11-13-7-9-20(10-8-13)16(22)23-17(3,4)5/h12-14H,7-11,18H2,1-6H3. The maximum absolute atomic E-state index is 12.2. The van der Waals surface area contributed by atoms with Crippen LogP contribution in [0.25, 0.3) is 0 Å². The molecular formula is C17H33N3O3. The van der Waals surface area contributed by atoms with E-state index in [0.717, 1.165) is 12.8 Å². The summed E-state index contributed by atoms with van der Waals surface area (Å²) in [5.74, 6) is 0.538. The number of carbonyl (C=O) groups excluding carboxylic acids is 2. The predicted octanol–water partition coefficient (Wildman–Crippen LogP) is 2.08. The first-order valence-electron chi connectivity index (χ1n) is 8.49. The van der Waals surface area contributed by atoms with Gasteiger partial charge in [-0.2, -0.15) is 0 Å². The number of carbonyl (C=O) groups is 2. The van der Waals surface area contributed by atoms with Crippen molar-refractivity contribution in [3.05, 3.63) is 0 Å². The highest BCUT2D eigenvalue weighted by molar-refractivity contribution is 5.81. The van der Waals surface area contributed by atoms with E-state index in [0.29, 0.717) is 25.6 Å². The van der Waals surface area contributed by atoms with Gasteiger partial charge < -0.3 is 20.3 Å². The van der Waals surface area contributed by atoms with Gasteiger partial charge in [0.15, 0.2) is 0 Å². The lowest BCUT2D eigenvalue weighted by Gasteiger charge is -2.35. The largest absolute Gasteiger partial charge is 0.444 e. The Morgan fingerprint density at radius 3 is 2.22 bits per heavy atom. The molecule has 0 aromatic carbocycles. The summed E-state index contributed by atoms with van der Waals surface area (Å²) in [5, 5.41) is 0. The Balaban J connectivity index is 2.42. The van der Waals surface area contributed by atoms with Crippen LogP contribution in [0.5, 0.6) is 0 Å². The maximum atomic E-state index is 12.2. The van der Waals surface area contributed by atoms with Crippen molar-refractivity contribution in [2.45, 2.75) is 59.1 Å². The van der Waals surface area contributed by atoms with Gasteiger partial charge in [0.2, 0.25) is 5.91 Å². The molecule has 0 aromatic heterocycles. The second-order valence-electron chi connectivity index (χ2n) is 7.90. The van der Waals surface area contributed by atoms with E-state index in [2.05, 4.69) is 0 Å². The topological polar surface area (TPSA) is 75.9 Å². The van der Waals surface area contributed by atoms with Crippen molar-refractivity contribution in [3.8, 4) is 0 Å². The zero-order chi connectivity index (χ0) is 17.8. The molecule has 134 valence electrons. The molecule has 23 heavy (non-hydrogen) atoms. The predicted molar refractivity (Wildman–Crippen MR) is 91.0 cm³/mol. The van der Waals surface area contributed by atoms with Crippen molar-refractivity contribution in [2.75, 3.05) is 26.7 Å². The van der Waals surface area contributed by atoms with Crippen LogP contribution in [-0.2, 0) is 9.53 Å². The molecule has 0 bridgehead atoms. The van der Waals surface area contributed by atoms with Gasteiger partial charge in [0, 0.05) is 26.7 Å². The number of hydrogen-bond acceptors (Lipinski definition) is 4. The van der Waals surface area contributed by atoms with Crippen LogP contribution in [0.2, 0.25) is 0 Å². The molecule has 2 amide bonds. The molecule has 2 N–H and O–H groups in total. The molecule has 1 aliphatic rings. The maximum Gasteiger partial charge on any atom is 0.410 e. The van der Waals surface area contributed by atoms with E-state index in [4.69, 9.17) is 10.5 Å². The lowest BCUT2D eigenvalue weighted by Crippen LogP contribution is -2.48. The Labute approximate surface area is 140 Å². The van der Waals surface area contributed by atoms with Gasteiger partial charge in [-0.3, -0.25) is 4.79 Å². The first-order valence-corrected chi connectivity index (χ1v) is 8.49. The van der Waals surface area contributed by atoms with Gasteiger partial charge in [-0.25, -0.2) is 4.79 Å². The second kappa shape index (κ2) is 7.99. The van der Waals surface area contributed by atoms with Gasteiger partial charge in [-0.15, -0.1) is 0 Å². The number of rotatable bonds is 4. The zero-order valence-electron chi connectivity index (χ0n) is 15.5. The highest BCUT2D eigenvalue weighted by Crippen LogP contribution is 2.20.